The summed E-state index contributed by atoms with van der Waals surface area (Å²) in [5.74, 6) is -0.778. The molecule has 0 spiro atoms. The maximum atomic E-state index is 14.7. The number of hydrogen-bond acceptors (Lipinski definition) is 7. The van der Waals surface area contributed by atoms with Crippen LogP contribution in [-0.2, 0) is 0 Å². The number of hydrogen-bond donors (Lipinski definition) is 4. The highest BCUT2D eigenvalue weighted by molar-refractivity contribution is 5.96. The number of aromatic nitrogens is 3. The number of rotatable bonds is 5. The molecule has 10 heteroatoms. The molecule has 0 saturated carbocycles. The van der Waals surface area contributed by atoms with Crippen LogP contribution in [-0.4, -0.2) is 45.2 Å². The van der Waals surface area contributed by atoms with Gasteiger partial charge < -0.3 is 26.0 Å². The third-order valence-corrected chi connectivity index (χ3v) is 6.10. The van der Waals surface area contributed by atoms with E-state index in [1.165, 1.54) is 18.3 Å². The van der Waals surface area contributed by atoms with Gasteiger partial charge in [0.15, 0.2) is 0 Å². The molecule has 5 N–H and O–H groups in total. The van der Waals surface area contributed by atoms with Gasteiger partial charge in [-0.15, -0.1) is 0 Å². The third kappa shape index (κ3) is 4.56. The smallest absolute Gasteiger partial charge is 0.259 e. The van der Waals surface area contributed by atoms with Gasteiger partial charge in [0, 0.05) is 30.4 Å². The molecule has 0 unspecified atom stereocenters. The standard InChI is InChI=1S/C25H23FN6O3/c26-18-3-1-14(24(27)34)11-17(18)20-12-21(23-19(30-20)5-8-28-25(23)35)31-22-4-2-15(13-29-22)32-9-6-16(33)7-10-32/h1-5,8,11-13,16,33H,6-7,9-10H2,(H2,27,34)(H,28,35)(H,29,30,31). The van der Waals surface area contributed by atoms with Crippen LogP contribution in [0, 0.1) is 5.82 Å². The molecule has 1 aliphatic heterocycles. The zero-order valence-electron chi connectivity index (χ0n) is 18.7. The fourth-order valence-electron chi connectivity index (χ4n) is 4.21. The number of nitrogens with two attached hydrogens (primary N) is 1. The van der Waals surface area contributed by atoms with E-state index in [1.807, 2.05) is 6.07 Å². The monoisotopic (exact) mass is 474 g/mol. The maximum absolute atomic E-state index is 14.7. The van der Waals surface area contributed by atoms with E-state index in [-0.39, 0.29) is 28.5 Å². The number of pyridine rings is 3. The molecule has 4 aromatic rings. The molecular formula is C25H23FN6O3. The van der Waals surface area contributed by atoms with Crippen LogP contribution in [0.3, 0.4) is 0 Å². The Hall–Kier alpha value is -4.31. The predicted octanol–water partition coefficient (Wildman–Crippen LogP) is 2.93. The zero-order valence-corrected chi connectivity index (χ0v) is 18.7. The molecule has 0 bridgehead atoms. The molecule has 1 amide bonds. The number of aromatic amines is 1. The van der Waals surface area contributed by atoms with Crippen molar-refractivity contribution in [2.24, 2.45) is 5.73 Å². The fraction of sp³-hybridized carbons (Fsp3) is 0.200. The van der Waals surface area contributed by atoms with Crippen LogP contribution < -0.4 is 21.5 Å². The van der Waals surface area contributed by atoms with Crippen LogP contribution in [0.1, 0.15) is 23.2 Å². The van der Waals surface area contributed by atoms with Gasteiger partial charge in [-0.2, -0.15) is 0 Å². The summed E-state index contributed by atoms with van der Waals surface area (Å²) in [6.45, 7) is 1.50. The first-order valence-corrected chi connectivity index (χ1v) is 11.2. The van der Waals surface area contributed by atoms with Gasteiger partial charge in [-0.25, -0.2) is 14.4 Å². The van der Waals surface area contributed by atoms with Gasteiger partial charge in [-0.05, 0) is 55.3 Å². The number of amides is 1. The van der Waals surface area contributed by atoms with Crippen LogP contribution >= 0.6 is 0 Å². The molecule has 0 aliphatic carbocycles. The summed E-state index contributed by atoms with van der Waals surface area (Å²) in [5.41, 5.74) is 7.13. The number of nitrogens with one attached hydrogen (secondary N) is 2. The Morgan fingerprint density at radius 2 is 1.97 bits per heavy atom. The SMILES string of the molecule is NC(=O)c1ccc(F)c(-c2cc(Nc3ccc(N4CCC(O)CC4)cn3)c3c(=O)[nH]ccc3n2)c1. The molecule has 4 heterocycles. The van der Waals surface area contributed by atoms with Crippen molar-refractivity contribution in [2.45, 2.75) is 18.9 Å². The van der Waals surface area contributed by atoms with Gasteiger partial charge in [0.2, 0.25) is 5.91 Å². The largest absolute Gasteiger partial charge is 0.393 e. The normalized spacial score (nSPS) is 14.3. The van der Waals surface area contributed by atoms with E-state index in [0.29, 0.717) is 35.2 Å². The van der Waals surface area contributed by atoms with Crippen molar-refractivity contribution in [1.82, 2.24) is 15.0 Å². The molecular weight excluding hydrogens is 451 g/mol. The maximum Gasteiger partial charge on any atom is 0.259 e. The first-order chi connectivity index (χ1) is 16.9. The van der Waals surface area contributed by atoms with E-state index in [1.54, 1.807) is 24.4 Å². The minimum atomic E-state index is -0.686. The zero-order chi connectivity index (χ0) is 24.5. The van der Waals surface area contributed by atoms with Crippen LogP contribution in [0.4, 0.5) is 21.6 Å². The molecule has 35 heavy (non-hydrogen) atoms. The van der Waals surface area contributed by atoms with E-state index in [0.717, 1.165) is 24.8 Å². The van der Waals surface area contributed by atoms with Gasteiger partial charge >= 0.3 is 0 Å². The Labute approximate surface area is 199 Å². The Kier molecular flexibility index (Phi) is 5.87. The number of H-pyrrole nitrogens is 1. The van der Waals surface area contributed by atoms with Crippen molar-refractivity contribution in [1.29, 1.82) is 0 Å². The van der Waals surface area contributed by atoms with E-state index in [4.69, 9.17) is 5.73 Å². The summed E-state index contributed by atoms with van der Waals surface area (Å²) >= 11 is 0. The number of carbonyl (C=O) groups is 1. The van der Waals surface area contributed by atoms with Crippen molar-refractivity contribution in [3.63, 3.8) is 0 Å². The lowest BCUT2D eigenvalue weighted by Gasteiger charge is -2.31. The Morgan fingerprint density at radius 3 is 2.69 bits per heavy atom. The fourth-order valence-corrected chi connectivity index (χ4v) is 4.21. The van der Waals surface area contributed by atoms with Gasteiger partial charge in [0.05, 0.1) is 40.3 Å². The van der Waals surface area contributed by atoms with Crippen molar-refractivity contribution < 1.29 is 14.3 Å². The number of piperidine rings is 1. The second kappa shape index (κ2) is 9.15. The third-order valence-electron chi connectivity index (χ3n) is 6.10. The highest BCUT2D eigenvalue weighted by Gasteiger charge is 2.18. The first-order valence-electron chi connectivity index (χ1n) is 11.2. The second-order valence-corrected chi connectivity index (χ2v) is 8.43. The lowest BCUT2D eigenvalue weighted by Crippen LogP contribution is -2.35. The summed E-state index contributed by atoms with van der Waals surface area (Å²) in [5, 5.41) is 13.2. The topological polar surface area (TPSA) is 137 Å². The highest BCUT2D eigenvalue weighted by atomic mass is 19.1. The molecule has 1 fully saturated rings. The molecule has 1 aromatic carbocycles. The summed E-state index contributed by atoms with van der Waals surface area (Å²) in [6, 6.07) is 10.7. The van der Waals surface area contributed by atoms with E-state index < -0.39 is 11.7 Å². The van der Waals surface area contributed by atoms with Crippen LogP contribution in [0.25, 0.3) is 22.2 Å². The van der Waals surface area contributed by atoms with Crippen LogP contribution in [0.15, 0.2) is 59.7 Å². The molecule has 5 rings (SSSR count). The quantitative estimate of drug-likeness (QED) is 0.349. The van der Waals surface area contributed by atoms with Crippen molar-refractivity contribution >= 4 is 34.0 Å². The van der Waals surface area contributed by atoms with Crippen molar-refractivity contribution in [3.8, 4) is 11.3 Å². The number of nitrogens with zero attached hydrogens (tertiary/aromatic N) is 3. The van der Waals surface area contributed by atoms with Gasteiger partial charge in [0.25, 0.3) is 5.56 Å². The van der Waals surface area contributed by atoms with Gasteiger partial charge in [-0.1, -0.05) is 0 Å². The average molecular weight is 474 g/mol. The summed E-state index contributed by atoms with van der Waals surface area (Å²) in [6.07, 6.45) is 4.35. The lowest BCUT2D eigenvalue weighted by molar-refractivity contribution is 0.1000. The lowest BCUT2D eigenvalue weighted by atomic mass is 10.0. The Balaban J connectivity index is 1.53. The van der Waals surface area contributed by atoms with Crippen LogP contribution in [0.2, 0.25) is 0 Å². The van der Waals surface area contributed by atoms with E-state index in [9.17, 15) is 19.1 Å². The van der Waals surface area contributed by atoms with Crippen molar-refractivity contribution in [3.05, 3.63) is 76.6 Å². The van der Waals surface area contributed by atoms with Gasteiger partial charge in [-0.3, -0.25) is 9.59 Å². The summed E-state index contributed by atoms with van der Waals surface area (Å²) in [4.78, 5) is 38.0. The van der Waals surface area contributed by atoms with Crippen LogP contribution in [0.5, 0.6) is 0 Å². The number of aliphatic hydroxyl groups is 1. The van der Waals surface area contributed by atoms with Crippen molar-refractivity contribution in [2.75, 3.05) is 23.3 Å². The molecule has 0 atom stereocenters. The molecule has 1 saturated heterocycles. The summed E-state index contributed by atoms with van der Waals surface area (Å²) in [7, 11) is 0. The predicted molar refractivity (Wildman–Crippen MR) is 131 cm³/mol. The number of carbonyl (C=O) groups excluding carboxylic acids is 1. The Bertz CT molecular complexity index is 1460. The Morgan fingerprint density at radius 1 is 1.17 bits per heavy atom. The van der Waals surface area contributed by atoms with E-state index >= 15 is 0 Å². The number of benzene rings is 1. The number of halogens is 1. The summed E-state index contributed by atoms with van der Waals surface area (Å²) < 4.78 is 14.7. The molecule has 178 valence electrons. The number of fused-ring (bicyclic) bond motifs is 1. The molecule has 0 radical (unpaired) electrons. The minimum absolute atomic E-state index is 0.0853. The number of primary amides is 1. The van der Waals surface area contributed by atoms with E-state index in [2.05, 4.69) is 25.2 Å². The highest BCUT2D eigenvalue weighted by Crippen LogP contribution is 2.30. The first kappa shape index (κ1) is 22.5. The minimum Gasteiger partial charge on any atom is -0.393 e. The second-order valence-electron chi connectivity index (χ2n) is 8.43. The number of aliphatic hydroxyl groups excluding tert-OH is 1. The number of anilines is 3. The molecule has 3 aromatic heterocycles. The molecule has 1 aliphatic rings. The molecule has 9 nitrogen and oxygen atoms in total. The average Bonchev–Trinajstić information content (AvgIpc) is 2.85. The van der Waals surface area contributed by atoms with Gasteiger partial charge in [0.1, 0.15) is 11.6 Å².